The first-order chi connectivity index (χ1) is 12.9. The molecule has 0 radical (unpaired) electrons. The van der Waals surface area contributed by atoms with E-state index in [0.717, 1.165) is 11.6 Å². The third-order valence-corrected chi connectivity index (χ3v) is 6.88. The quantitative estimate of drug-likeness (QED) is 0.683. The second-order valence-electron chi connectivity index (χ2n) is 6.48. The van der Waals surface area contributed by atoms with Gasteiger partial charge >= 0.3 is 5.69 Å². The molecule has 0 N–H and O–H groups in total. The van der Waals surface area contributed by atoms with Gasteiger partial charge < -0.3 is 0 Å². The Morgan fingerprint density at radius 1 is 1.22 bits per heavy atom. The van der Waals surface area contributed by atoms with Crippen molar-refractivity contribution >= 4 is 21.2 Å². The lowest BCUT2D eigenvalue weighted by Crippen LogP contribution is -2.32. The van der Waals surface area contributed by atoms with Gasteiger partial charge in [-0.3, -0.25) is 9.13 Å². The van der Waals surface area contributed by atoms with E-state index in [9.17, 15) is 17.6 Å². The van der Waals surface area contributed by atoms with Crippen molar-refractivity contribution in [3.63, 3.8) is 0 Å². The van der Waals surface area contributed by atoms with Gasteiger partial charge in [0.2, 0.25) is 10.0 Å². The maximum Gasteiger partial charge on any atom is 0.330 e. The number of hydrogen-bond acceptors (Lipinski definition) is 4. The fourth-order valence-corrected chi connectivity index (χ4v) is 5.23. The van der Waals surface area contributed by atoms with Crippen molar-refractivity contribution in [1.29, 1.82) is 0 Å². The lowest BCUT2D eigenvalue weighted by molar-refractivity contribution is 0.444. The summed E-state index contributed by atoms with van der Waals surface area (Å²) in [6.45, 7) is 2.70. The van der Waals surface area contributed by atoms with Crippen molar-refractivity contribution in [3.8, 4) is 0 Å². The van der Waals surface area contributed by atoms with Gasteiger partial charge in [0.25, 0.3) is 0 Å². The lowest BCUT2D eigenvalue weighted by atomic mass is 10.2. The van der Waals surface area contributed by atoms with E-state index >= 15 is 0 Å². The molecule has 1 saturated heterocycles. The monoisotopic (exact) mass is 390 g/mol. The highest BCUT2D eigenvalue weighted by Gasteiger charge is 2.36. The lowest BCUT2D eigenvalue weighted by Gasteiger charge is -2.17. The van der Waals surface area contributed by atoms with E-state index in [-0.39, 0.29) is 29.7 Å². The standard InChI is InChI=1S/C18H19FN4O3S/c1-2-22-15-7-5-10-20-17(15)23(18(22)24)13-9-11-21(12-13)27(25,26)16-8-4-3-6-14(16)19/h3-8,10,13H,2,9,11-12H2,1H3/t13-/m1/s1. The molecule has 3 heterocycles. The third-order valence-electron chi connectivity index (χ3n) is 4.98. The van der Waals surface area contributed by atoms with E-state index in [4.69, 9.17) is 0 Å². The summed E-state index contributed by atoms with van der Waals surface area (Å²) in [5.74, 6) is -0.776. The second-order valence-corrected chi connectivity index (χ2v) is 8.39. The Morgan fingerprint density at radius 2 is 2.00 bits per heavy atom. The van der Waals surface area contributed by atoms with E-state index in [1.54, 1.807) is 21.4 Å². The highest BCUT2D eigenvalue weighted by Crippen LogP contribution is 2.29. The number of aryl methyl sites for hydroxylation is 1. The fourth-order valence-electron chi connectivity index (χ4n) is 3.68. The first-order valence-corrected chi connectivity index (χ1v) is 10.2. The Labute approximate surface area is 155 Å². The number of sulfonamides is 1. The molecule has 9 heteroatoms. The van der Waals surface area contributed by atoms with Crippen LogP contribution in [0.4, 0.5) is 4.39 Å². The largest absolute Gasteiger partial charge is 0.330 e. The van der Waals surface area contributed by atoms with Crippen LogP contribution in [0.2, 0.25) is 0 Å². The van der Waals surface area contributed by atoms with Gasteiger partial charge in [0.1, 0.15) is 10.7 Å². The molecule has 1 atom stereocenters. The van der Waals surface area contributed by atoms with Crippen molar-refractivity contribution < 1.29 is 12.8 Å². The third kappa shape index (κ3) is 2.78. The number of halogens is 1. The van der Waals surface area contributed by atoms with Gasteiger partial charge in [0.05, 0.1) is 11.6 Å². The summed E-state index contributed by atoms with van der Waals surface area (Å²) in [5, 5.41) is 0. The summed E-state index contributed by atoms with van der Waals surface area (Å²) in [7, 11) is -3.96. The van der Waals surface area contributed by atoms with E-state index in [2.05, 4.69) is 4.98 Å². The van der Waals surface area contributed by atoms with E-state index in [0.29, 0.717) is 18.6 Å². The summed E-state index contributed by atoms with van der Waals surface area (Å²) in [4.78, 5) is 16.8. The van der Waals surface area contributed by atoms with Crippen LogP contribution in [0.25, 0.3) is 11.2 Å². The molecule has 3 aromatic rings. The number of hydrogen-bond donors (Lipinski definition) is 0. The van der Waals surface area contributed by atoms with Crippen molar-refractivity contribution in [1.82, 2.24) is 18.4 Å². The van der Waals surface area contributed by atoms with E-state index in [1.807, 2.05) is 13.0 Å². The van der Waals surface area contributed by atoms with Crippen LogP contribution in [-0.2, 0) is 16.6 Å². The molecule has 0 unspecified atom stereocenters. The van der Waals surface area contributed by atoms with Crippen LogP contribution in [0.5, 0.6) is 0 Å². The molecular formula is C18H19FN4O3S. The van der Waals surface area contributed by atoms with Crippen molar-refractivity contribution in [3.05, 3.63) is 58.9 Å². The van der Waals surface area contributed by atoms with Crippen LogP contribution < -0.4 is 5.69 Å². The average Bonchev–Trinajstić information content (AvgIpc) is 3.24. The highest BCUT2D eigenvalue weighted by atomic mass is 32.2. The molecule has 1 fully saturated rings. The molecule has 1 aliphatic heterocycles. The van der Waals surface area contributed by atoms with Crippen molar-refractivity contribution in [2.45, 2.75) is 30.8 Å². The zero-order chi connectivity index (χ0) is 19.2. The SMILES string of the molecule is CCn1c(=O)n([C@@H]2CCN(S(=O)(=O)c3ccccc3F)C2)c2ncccc21. The van der Waals surface area contributed by atoms with Crippen LogP contribution in [0.1, 0.15) is 19.4 Å². The molecule has 27 heavy (non-hydrogen) atoms. The number of nitrogens with zero attached hydrogens (tertiary/aromatic N) is 4. The number of fused-ring (bicyclic) bond motifs is 1. The minimum absolute atomic E-state index is 0.107. The molecule has 0 amide bonds. The molecule has 0 spiro atoms. The number of benzene rings is 1. The summed E-state index contributed by atoms with van der Waals surface area (Å²) in [6, 6.07) is 8.58. The molecule has 1 aliphatic rings. The Morgan fingerprint density at radius 3 is 2.74 bits per heavy atom. The first kappa shape index (κ1) is 17.9. The minimum Gasteiger partial charge on any atom is -0.291 e. The summed E-state index contributed by atoms with van der Waals surface area (Å²) in [6.07, 6.45) is 2.08. The molecule has 7 nitrogen and oxygen atoms in total. The number of imidazole rings is 1. The van der Waals surface area contributed by atoms with Crippen LogP contribution >= 0.6 is 0 Å². The zero-order valence-electron chi connectivity index (χ0n) is 14.7. The normalized spacial score (nSPS) is 18.4. The predicted molar refractivity (Wildman–Crippen MR) is 98.5 cm³/mol. The van der Waals surface area contributed by atoms with Gasteiger partial charge in [-0.15, -0.1) is 0 Å². The first-order valence-electron chi connectivity index (χ1n) is 8.75. The molecule has 4 rings (SSSR count). The maximum absolute atomic E-state index is 14.0. The second kappa shape index (κ2) is 6.58. The molecule has 0 saturated carbocycles. The zero-order valence-corrected chi connectivity index (χ0v) is 15.6. The minimum atomic E-state index is -3.96. The number of pyridine rings is 1. The van der Waals surface area contributed by atoms with Crippen molar-refractivity contribution in [2.75, 3.05) is 13.1 Å². The molecule has 0 aliphatic carbocycles. The van der Waals surface area contributed by atoms with E-state index in [1.165, 1.54) is 22.5 Å². The maximum atomic E-state index is 14.0. The molecule has 2 aromatic heterocycles. The van der Waals surface area contributed by atoms with Crippen LogP contribution in [0.15, 0.2) is 52.3 Å². The Balaban J connectivity index is 1.72. The summed E-state index contributed by atoms with van der Waals surface area (Å²) < 4.78 is 44.1. The molecule has 1 aromatic carbocycles. The topological polar surface area (TPSA) is 77.2 Å². The van der Waals surface area contributed by atoms with Gasteiger partial charge in [-0.2, -0.15) is 4.31 Å². The molecule has 0 bridgehead atoms. The number of aromatic nitrogens is 3. The van der Waals surface area contributed by atoms with E-state index < -0.39 is 15.8 Å². The Kier molecular flexibility index (Phi) is 4.35. The molecular weight excluding hydrogens is 371 g/mol. The van der Waals surface area contributed by atoms with Crippen LogP contribution in [-0.4, -0.2) is 39.9 Å². The number of rotatable bonds is 4. The Hall–Kier alpha value is -2.52. The highest BCUT2D eigenvalue weighted by molar-refractivity contribution is 7.89. The van der Waals surface area contributed by atoms with Crippen LogP contribution in [0, 0.1) is 5.82 Å². The fraction of sp³-hybridized carbons (Fsp3) is 0.333. The van der Waals surface area contributed by atoms with Gasteiger partial charge in [-0.25, -0.2) is 22.6 Å². The summed E-state index contributed by atoms with van der Waals surface area (Å²) in [5.41, 5.74) is 1.06. The Bertz CT molecular complexity index is 1170. The van der Waals surface area contributed by atoms with Crippen LogP contribution in [0.3, 0.4) is 0 Å². The predicted octanol–water partition coefficient (Wildman–Crippen LogP) is 1.99. The summed E-state index contributed by atoms with van der Waals surface area (Å²) >= 11 is 0. The van der Waals surface area contributed by atoms with Gasteiger partial charge in [-0.1, -0.05) is 12.1 Å². The molecule has 142 valence electrons. The van der Waals surface area contributed by atoms with Gasteiger partial charge in [-0.05, 0) is 37.6 Å². The average molecular weight is 390 g/mol. The van der Waals surface area contributed by atoms with Crippen molar-refractivity contribution in [2.24, 2.45) is 0 Å². The smallest absolute Gasteiger partial charge is 0.291 e. The van der Waals surface area contributed by atoms with Gasteiger partial charge in [0.15, 0.2) is 5.65 Å². The van der Waals surface area contributed by atoms with Gasteiger partial charge in [0, 0.05) is 25.8 Å².